The second-order valence-electron chi connectivity index (χ2n) is 4.42. The Balaban J connectivity index is 1.93. The lowest BCUT2D eigenvalue weighted by Crippen LogP contribution is -2.38. The van der Waals surface area contributed by atoms with Crippen molar-refractivity contribution in [3.8, 4) is 12.3 Å². The molecule has 1 saturated carbocycles. The summed E-state index contributed by atoms with van der Waals surface area (Å²) in [5.41, 5.74) is 0.468. The predicted octanol–water partition coefficient (Wildman–Crippen LogP) is 2.00. The number of aromatic nitrogens is 1. The van der Waals surface area contributed by atoms with Gasteiger partial charge in [-0.05, 0) is 31.4 Å². The van der Waals surface area contributed by atoms with Gasteiger partial charge in [0.1, 0.15) is 5.69 Å². The van der Waals surface area contributed by atoms with Gasteiger partial charge in [-0.25, -0.2) is 0 Å². The number of amides is 1. The minimum absolute atomic E-state index is 0.103. The second-order valence-corrected chi connectivity index (χ2v) is 4.42. The van der Waals surface area contributed by atoms with E-state index in [4.69, 9.17) is 6.42 Å². The first-order valence-electron chi connectivity index (χ1n) is 5.97. The number of carbonyl (C=O) groups is 1. The molecule has 0 aromatic carbocycles. The largest absolute Gasteiger partial charge is 0.348 e. The highest BCUT2D eigenvalue weighted by atomic mass is 16.1. The Hall–Kier alpha value is -1.82. The van der Waals surface area contributed by atoms with Crippen molar-refractivity contribution in [2.24, 2.45) is 5.92 Å². The van der Waals surface area contributed by atoms with Crippen LogP contribution in [0.2, 0.25) is 0 Å². The van der Waals surface area contributed by atoms with E-state index in [1.807, 2.05) is 6.07 Å². The Kier molecular flexibility index (Phi) is 3.77. The monoisotopic (exact) mass is 228 g/mol. The van der Waals surface area contributed by atoms with Crippen molar-refractivity contribution >= 4 is 5.91 Å². The number of pyridine rings is 1. The molecule has 1 fully saturated rings. The average Bonchev–Trinajstić information content (AvgIpc) is 2.40. The zero-order valence-corrected chi connectivity index (χ0v) is 9.73. The lowest BCUT2D eigenvalue weighted by atomic mass is 9.86. The van der Waals surface area contributed by atoms with Crippen LogP contribution in [0.3, 0.4) is 0 Å². The van der Waals surface area contributed by atoms with Crippen LogP contribution in [0.5, 0.6) is 0 Å². The zero-order chi connectivity index (χ0) is 12.1. The van der Waals surface area contributed by atoms with Gasteiger partial charge in [0, 0.05) is 18.2 Å². The second kappa shape index (κ2) is 5.49. The summed E-state index contributed by atoms with van der Waals surface area (Å²) in [6, 6.07) is 5.52. The van der Waals surface area contributed by atoms with Crippen molar-refractivity contribution in [2.45, 2.75) is 31.7 Å². The van der Waals surface area contributed by atoms with Crippen LogP contribution in [-0.4, -0.2) is 16.9 Å². The molecule has 88 valence electrons. The molecule has 1 aromatic rings. The predicted molar refractivity (Wildman–Crippen MR) is 66.3 cm³/mol. The normalized spacial score (nSPS) is 23.7. The fourth-order valence-electron chi connectivity index (χ4n) is 2.23. The van der Waals surface area contributed by atoms with Gasteiger partial charge in [-0.15, -0.1) is 12.3 Å². The third-order valence-electron chi connectivity index (χ3n) is 3.14. The molecule has 0 bridgehead atoms. The summed E-state index contributed by atoms with van der Waals surface area (Å²) < 4.78 is 0. The van der Waals surface area contributed by atoms with E-state index in [1.54, 1.807) is 18.3 Å². The molecule has 0 spiro atoms. The number of nitrogens with one attached hydrogen (secondary N) is 1. The summed E-state index contributed by atoms with van der Waals surface area (Å²) in [6.07, 6.45) is 11.1. The van der Waals surface area contributed by atoms with E-state index in [0.717, 1.165) is 25.7 Å². The third kappa shape index (κ3) is 3.07. The van der Waals surface area contributed by atoms with Gasteiger partial charge < -0.3 is 5.32 Å². The lowest BCUT2D eigenvalue weighted by molar-refractivity contribution is 0.0919. The molecule has 1 amide bonds. The maximum absolute atomic E-state index is 11.9. The van der Waals surface area contributed by atoms with E-state index in [2.05, 4.69) is 16.2 Å². The minimum Gasteiger partial charge on any atom is -0.348 e. The molecule has 1 N–H and O–H groups in total. The fraction of sp³-hybridized carbons (Fsp3) is 0.429. The molecule has 0 aliphatic heterocycles. The number of nitrogens with zero attached hydrogens (tertiary/aromatic N) is 1. The molecule has 2 rings (SSSR count). The maximum Gasteiger partial charge on any atom is 0.270 e. The van der Waals surface area contributed by atoms with Gasteiger partial charge in [0.05, 0.1) is 0 Å². The van der Waals surface area contributed by atoms with Crippen molar-refractivity contribution in [1.82, 2.24) is 10.3 Å². The van der Waals surface area contributed by atoms with Gasteiger partial charge in [-0.3, -0.25) is 9.78 Å². The zero-order valence-electron chi connectivity index (χ0n) is 9.73. The van der Waals surface area contributed by atoms with Gasteiger partial charge in [0.2, 0.25) is 0 Å². The van der Waals surface area contributed by atoms with Crippen LogP contribution in [0.4, 0.5) is 0 Å². The Morgan fingerprint density at radius 1 is 1.47 bits per heavy atom. The first kappa shape index (κ1) is 11.7. The molecule has 3 nitrogen and oxygen atoms in total. The van der Waals surface area contributed by atoms with Crippen molar-refractivity contribution in [2.75, 3.05) is 0 Å². The van der Waals surface area contributed by atoms with Crippen molar-refractivity contribution in [3.63, 3.8) is 0 Å². The summed E-state index contributed by atoms with van der Waals surface area (Å²) in [5, 5.41) is 3.00. The van der Waals surface area contributed by atoms with Gasteiger partial charge >= 0.3 is 0 Å². The molecule has 0 saturated heterocycles. The smallest absolute Gasteiger partial charge is 0.270 e. The first-order valence-corrected chi connectivity index (χ1v) is 5.97. The molecule has 17 heavy (non-hydrogen) atoms. The molecule has 0 radical (unpaired) electrons. The average molecular weight is 228 g/mol. The Morgan fingerprint density at radius 2 is 2.35 bits per heavy atom. The summed E-state index contributed by atoms with van der Waals surface area (Å²) in [7, 11) is 0. The molecule has 2 unspecified atom stereocenters. The topological polar surface area (TPSA) is 42.0 Å². The summed E-state index contributed by atoms with van der Waals surface area (Å²) in [4.78, 5) is 15.9. The van der Waals surface area contributed by atoms with Gasteiger partial charge in [-0.1, -0.05) is 12.5 Å². The highest BCUT2D eigenvalue weighted by molar-refractivity contribution is 5.92. The van der Waals surface area contributed by atoms with Crippen LogP contribution in [0.1, 0.15) is 36.2 Å². The van der Waals surface area contributed by atoms with E-state index in [1.165, 1.54) is 0 Å². The molecular weight excluding hydrogens is 212 g/mol. The van der Waals surface area contributed by atoms with Crippen molar-refractivity contribution in [1.29, 1.82) is 0 Å². The van der Waals surface area contributed by atoms with Crippen LogP contribution < -0.4 is 5.32 Å². The Morgan fingerprint density at radius 3 is 3.06 bits per heavy atom. The fourth-order valence-corrected chi connectivity index (χ4v) is 2.23. The minimum atomic E-state index is -0.103. The number of rotatable bonds is 2. The van der Waals surface area contributed by atoms with Gasteiger partial charge in [0.25, 0.3) is 5.91 Å². The van der Waals surface area contributed by atoms with Crippen molar-refractivity contribution in [3.05, 3.63) is 30.1 Å². The maximum atomic E-state index is 11.9. The van der Waals surface area contributed by atoms with E-state index in [9.17, 15) is 4.79 Å². The van der Waals surface area contributed by atoms with Crippen LogP contribution in [0, 0.1) is 18.3 Å². The standard InChI is InChI=1S/C14H16N2O/c1-2-11-6-5-7-12(10-11)16-14(17)13-8-3-4-9-15-13/h1,3-4,8-9,11-12H,5-7,10H2,(H,16,17). The third-order valence-corrected chi connectivity index (χ3v) is 3.14. The number of hydrogen-bond donors (Lipinski definition) is 1. The van der Waals surface area contributed by atoms with E-state index in [-0.39, 0.29) is 11.9 Å². The summed E-state index contributed by atoms with van der Waals surface area (Å²) >= 11 is 0. The molecule has 2 atom stereocenters. The van der Waals surface area contributed by atoms with Gasteiger partial charge in [-0.2, -0.15) is 0 Å². The molecule has 3 heteroatoms. The SMILES string of the molecule is C#CC1CCCC(NC(=O)c2ccccn2)C1. The van der Waals surface area contributed by atoms with Crippen LogP contribution >= 0.6 is 0 Å². The van der Waals surface area contributed by atoms with Crippen molar-refractivity contribution < 1.29 is 4.79 Å². The van der Waals surface area contributed by atoms with E-state index >= 15 is 0 Å². The molecular formula is C14H16N2O. The molecule has 1 heterocycles. The number of terminal acetylenes is 1. The quantitative estimate of drug-likeness (QED) is 0.787. The first-order chi connectivity index (χ1) is 8.29. The van der Waals surface area contributed by atoms with Gasteiger partial charge in [0.15, 0.2) is 0 Å². The molecule has 1 aromatic heterocycles. The molecule has 1 aliphatic rings. The summed E-state index contributed by atoms with van der Waals surface area (Å²) in [5.74, 6) is 2.98. The van der Waals surface area contributed by atoms with E-state index < -0.39 is 0 Å². The number of carbonyl (C=O) groups excluding carboxylic acids is 1. The van der Waals surface area contributed by atoms with Crippen LogP contribution in [0.25, 0.3) is 0 Å². The highest BCUT2D eigenvalue weighted by Gasteiger charge is 2.22. The molecule has 1 aliphatic carbocycles. The Bertz CT molecular complexity index is 422. The number of hydrogen-bond acceptors (Lipinski definition) is 2. The summed E-state index contributed by atoms with van der Waals surface area (Å²) in [6.45, 7) is 0. The highest BCUT2D eigenvalue weighted by Crippen LogP contribution is 2.23. The van der Waals surface area contributed by atoms with E-state index in [0.29, 0.717) is 11.6 Å². The Labute approximate surface area is 102 Å². The van der Waals surface area contributed by atoms with Crippen LogP contribution in [-0.2, 0) is 0 Å². The van der Waals surface area contributed by atoms with Crippen LogP contribution in [0.15, 0.2) is 24.4 Å². The lowest BCUT2D eigenvalue weighted by Gasteiger charge is -2.26.